The molecule has 0 radical (unpaired) electrons. The maximum Gasteiger partial charge on any atom is 0.306 e. The van der Waals surface area contributed by atoms with Crippen molar-refractivity contribution < 1.29 is 28.6 Å². The Bertz CT molecular complexity index is 1830. The molecular weight excluding hydrogens is 1010 g/mol. The molecule has 6 heteroatoms. The van der Waals surface area contributed by atoms with Crippen LogP contribution in [0.25, 0.3) is 0 Å². The van der Waals surface area contributed by atoms with Gasteiger partial charge in [0.1, 0.15) is 13.2 Å². The molecule has 1 atom stereocenters. The van der Waals surface area contributed by atoms with Gasteiger partial charge >= 0.3 is 17.9 Å². The molecule has 0 heterocycles. The van der Waals surface area contributed by atoms with Crippen LogP contribution < -0.4 is 0 Å². The molecular formula is C76H122O6. The molecule has 0 saturated carbocycles. The highest BCUT2D eigenvalue weighted by molar-refractivity contribution is 5.71. The zero-order chi connectivity index (χ0) is 59.2. The van der Waals surface area contributed by atoms with Crippen LogP contribution in [0.4, 0.5) is 0 Å². The Morgan fingerprint density at radius 2 is 0.476 bits per heavy atom. The molecule has 6 nitrogen and oxygen atoms in total. The minimum absolute atomic E-state index is 0.0925. The van der Waals surface area contributed by atoms with Crippen molar-refractivity contribution >= 4 is 17.9 Å². The van der Waals surface area contributed by atoms with Crippen molar-refractivity contribution in [1.82, 2.24) is 0 Å². The molecule has 462 valence electrons. The average molecular weight is 1130 g/mol. The summed E-state index contributed by atoms with van der Waals surface area (Å²) in [6, 6.07) is 0. The number of unbranched alkanes of at least 4 members (excludes halogenated alkanes) is 22. The van der Waals surface area contributed by atoms with Gasteiger partial charge in [-0.2, -0.15) is 0 Å². The van der Waals surface area contributed by atoms with Crippen molar-refractivity contribution in [2.24, 2.45) is 0 Å². The molecule has 0 aromatic heterocycles. The first-order chi connectivity index (χ1) is 40.5. The first-order valence-electron chi connectivity index (χ1n) is 33.5. The van der Waals surface area contributed by atoms with Gasteiger partial charge in [-0.1, -0.05) is 294 Å². The molecule has 0 N–H and O–H groups in total. The summed E-state index contributed by atoms with van der Waals surface area (Å²) in [6.07, 6.45) is 99.7. The number of allylic oxidation sites excluding steroid dienone is 26. The largest absolute Gasteiger partial charge is 0.462 e. The predicted octanol–water partition coefficient (Wildman–Crippen LogP) is 23.3. The van der Waals surface area contributed by atoms with Crippen LogP contribution in [0.1, 0.15) is 284 Å². The molecule has 1 unspecified atom stereocenters. The molecule has 0 aromatic rings. The number of carbonyl (C=O) groups excluding carboxylic acids is 3. The van der Waals surface area contributed by atoms with Crippen molar-refractivity contribution in [3.63, 3.8) is 0 Å². The van der Waals surface area contributed by atoms with E-state index < -0.39 is 6.10 Å². The molecule has 0 fully saturated rings. The summed E-state index contributed by atoms with van der Waals surface area (Å²) in [5, 5.41) is 0. The summed E-state index contributed by atoms with van der Waals surface area (Å²) in [6.45, 7) is 6.38. The Morgan fingerprint density at radius 1 is 0.256 bits per heavy atom. The van der Waals surface area contributed by atoms with Gasteiger partial charge in [0.15, 0.2) is 6.10 Å². The normalized spacial score (nSPS) is 13.2. The topological polar surface area (TPSA) is 78.9 Å². The Balaban J connectivity index is 4.34. The van der Waals surface area contributed by atoms with Gasteiger partial charge in [0.2, 0.25) is 0 Å². The van der Waals surface area contributed by atoms with Crippen LogP contribution in [0.15, 0.2) is 158 Å². The van der Waals surface area contributed by atoms with E-state index in [2.05, 4.69) is 179 Å². The fourth-order valence-electron chi connectivity index (χ4n) is 8.84. The van der Waals surface area contributed by atoms with E-state index in [0.29, 0.717) is 19.3 Å². The molecule has 0 bridgehead atoms. The number of carbonyl (C=O) groups is 3. The first-order valence-corrected chi connectivity index (χ1v) is 33.5. The van der Waals surface area contributed by atoms with Gasteiger partial charge in [-0.25, -0.2) is 0 Å². The third kappa shape index (κ3) is 65.8. The van der Waals surface area contributed by atoms with E-state index in [9.17, 15) is 14.4 Å². The van der Waals surface area contributed by atoms with Crippen LogP contribution in [-0.2, 0) is 28.6 Å². The van der Waals surface area contributed by atoms with Gasteiger partial charge in [0, 0.05) is 19.3 Å². The Kier molecular flexibility index (Phi) is 64.4. The van der Waals surface area contributed by atoms with Crippen LogP contribution in [0.2, 0.25) is 0 Å². The Morgan fingerprint density at radius 3 is 0.744 bits per heavy atom. The fraction of sp³-hybridized carbons (Fsp3) is 0.618. The second-order valence-electron chi connectivity index (χ2n) is 21.6. The van der Waals surface area contributed by atoms with E-state index in [-0.39, 0.29) is 31.1 Å². The van der Waals surface area contributed by atoms with E-state index >= 15 is 0 Å². The van der Waals surface area contributed by atoms with Crippen molar-refractivity contribution in [2.45, 2.75) is 290 Å². The third-order valence-corrected chi connectivity index (χ3v) is 13.8. The lowest BCUT2D eigenvalue weighted by atomic mass is 10.1. The van der Waals surface area contributed by atoms with E-state index in [1.807, 2.05) is 0 Å². The maximum absolute atomic E-state index is 12.9. The Hall–Kier alpha value is -4.97. The maximum atomic E-state index is 12.9. The number of ether oxygens (including phenoxy) is 3. The summed E-state index contributed by atoms with van der Waals surface area (Å²) >= 11 is 0. The molecule has 0 aliphatic rings. The number of esters is 3. The van der Waals surface area contributed by atoms with Gasteiger partial charge in [-0.3, -0.25) is 14.4 Å². The molecule has 0 aromatic carbocycles. The van der Waals surface area contributed by atoms with Crippen molar-refractivity contribution in [2.75, 3.05) is 13.2 Å². The SMILES string of the molecule is CC/C=C\C/C=C\C/C=C\C/C=C\C/C=C\C/C=C\C/C=C\C/C=C\CCCCCCC(=O)OCC(COC(=O)CCCCCCCCCCCC)OC(=O)CCCCCCCCCCC/C=C\C/C=C\C/C=C\C/C=C\C/C=C\CC. The number of hydrogen-bond acceptors (Lipinski definition) is 6. The van der Waals surface area contributed by atoms with Gasteiger partial charge in [-0.15, -0.1) is 0 Å². The summed E-state index contributed by atoms with van der Waals surface area (Å²) in [5.41, 5.74) is 0. The minimum atomic E-state index is -0.799. The molecule has 0 amide bonds. The van der Waals surface area contributed by atoms with Crippen LogP contribution >= 0.6 is 0 Å². The monoisotopic (exact) mass is 1130 g/mol. The highest BCUT2D eigenvalue weighted by Crippen LogP contribution is 2.15. The van der Waals surface area contributed by atoms with E-state index in [0.717, 1.165) is 161 Å². The van der Waals surface area contributed by atoms with Crippen molar-refractivity contribution in [3.8, 4) is 0 Å². The first kappa shape index (κ1) is 77.0. The molecule has 82 heavy (non-hydrogen) atoms. The summed E-state index contributed by atoms with van der Waals surface area (Å²) in [5.74, 6) is -0.926. The van der Waals surface area contributed by atoms with Crippen LogP contribution in [-0.4, -0.2) is 37.2 Å². The third-order valence-electron chi connectivity index (χ3n) is 13.8. The van der Waals surface area contributed by atoms with Crippen molar-refractivity contribution in [3.05, 3.63) is 158 Å². The number of hydrogen-bond donors (Lipinski definition) is 0. The van der Waals surface area contributed by atoms with Crippen molar-refractivity contribution in [1.29, 1.82) is 0 Å². The summed E-state index contributed by atoms with van der Waals surface area (Å²) in [7, 11) is 0. The highest BCUT2D eigenvalue weighted by atomic mass is 16.6. The lowest BCUT2D eigenvalue weighted by molar-refractivity contribution is -0.167. The number of rotatable bonds is 59. The van der Waals surface area contributed by atoms with Gasteiger partial charge < -0.3 is 14.2 Å². The molecule has 0 spiro atoms. The van der Waals surface area contributed by atoms with Gasteiger partial charge in [0.25, 0.3) is 0 Å². The summed E-state index contributed by atoms with van der Waals surface area (Å²) < 4.78 is 16.9. The van der Waals surface area contributed by atoms with E-state index in [4.69, 9.17) is 14.2 Å². The molecule has 0 rings (SSSR count). The zero-order valence-corrected chi connectivity index (χ0v) is 52.9. The standard InChI is InChI=1S/C76H122O6/c1-4-7-10-13-16-19-22-24-26-28-30-32-34-36-37-38-39-41-42-44-46-48-50-52-54-57-60-63-66-69-75(78)81-72-73(71-80-74(77)68-65-62-59-56-21-18-15-12-9-6-3)82-76(79)70-67-64-61-58-55-53-51-49-47-45-43-40-35-33-31-29-27-25-23-20-17-14-11-8-5-2/h7-8,10-11,16-17,19-20,24-27,30-33,36-37,39-41,43-44,46,50,52,73H,4-6,9,12-15,18,21-23,28-29,34-35,38,42,45,47-49,51,53-72H2,1-3H3/b10-7-,11-8-,19-16-,20-17-,26-24-,27-25-,32-30-,33-31-,37-36-,41-39-,43-40-,46-44-,52-50-. The minimum Gasteiger partial charge on any atom is -0.462 e. The van der Waals surface area contributed by atoms with Crippen LogP contribution in [0.5, 0.6) is 0 Å². The highest BCUT2D eigenvalue weighted by Gasteiger charge is 2.19. The van der Waals surface area contributed by atoms with E-state index in [1.165, 1.54) is 83.5 Å². The molecule has 0 aliphatic heterocycles. The lowest BCUT2D eigenvalue weighted by Crippen LogP contribution is -2.30. The van der Waals surface area contributed by atoms with Crippen LogP contribution in [0, 0.1) is 0 Å². The second-order valence-corrected chi connectivity index (χ2v) is 21.6. The zero-order valence-electron chi connectivity index (χ0n) is 52.9. The second kappa shape index (κ2) is 68.5. The summed E-state index contributed by atoms with van der Waals surface area (Å²) in [4.78, 5) is 38.3. The molecule has 0 aliphatic carbocycles. The lowest BCUT2D eigenvalue weighted by Gasteiger charge is -2.18. The van der Waals surface area contributed by atoms with Crippen LogP contribution in [0.3, 0.4) is 0 Å². The Labute approximate surface area is 505 Å². The molecule has 0 saturated heterocycles. The predicted molar refractivity (Wildman–Crippen MR) is 357 cm³/mol. The van der Waals surface area contributed by atoms with E-state index in [1.54, 1.807) is 0 Å². The average Bonchev–Trinajstić information content (AvgIpc) is 3.48. The quantitative estimate of drug-likeness (QED) is 0.0261. The smallest absolute Gasteiger partial charge is 0.306 e. The fourth-order valence-corrected chi connectivity index (χ4v) is 8.84. The van der Waals surface area contributed by atoms with Gasteiger partial charge in [0.05, 0.1) is 0 Å². The van der Waals surface area contributed by atoms with Gasteiger partial charge in [-0.05, 0) is 128 Å².